The van der Waals surface area contributed by atoms with Crippen molar-refractivity contribution in [3.05, 3.63) is 132 Å². The summed E-state index contributed by atoms with van der Waals surface area (Å²) in [5.41, 5.74) is 12.2. The van der Waals surface area contributed by atoms with Crippen LogP contribution in [0.25, 0.3) is 43.4 Å². The van der Waals surface area contributed by atoms with Crippen molar-refractivity contribution < 1.29 is 14.5 Å². The molecule has 0 saturated carbocycles. The zero-order valence-corrected chi connectivity index (χ0v) is 32.8. The third kappa shape index (κ3) is 9.80. The van der Waals surface area contributed by atoms with Gasteiger partial charge in [-0.25, -0.2) is 16.4 Å². The molecule has 0 N–H and O–H groups in total. The fourth-order valence-electron chi connectivity index (χ4n) is 3.75. The van der Waals surface area contributed by atoms with Crippen LogP contribution >= 0.6 is 49.8 Å². The molecule has 0 amide bonds. The molecule has 2 heterocycles. The van der Waals surface area contributed by atoms with Crippen LogP contribution in [0, 0.1) is 11.1 Å². The molecule has 2 atom stereocenters. The minimum absolute atomic E-state index is 0.700. The zero-order valence-electron chi connectivity index (χ0n) is 22.2. The zero-order chi connectivity index (χ0) is 28.2. The Morgan fingerprint density at radius 3 is 1.07 bits per heavy atom. The van der Waals surface area contributed by atoms with E-state index in [1.54, 1.807) is 0 Å². The quantitative estimate of drug-likeness (QED) is 0.123. The Hall–Kier alpha value is -0.438. The van der Waals surface area contributed by atoms with Crippen molar-refractivity contribution in [3.63, 3.8) is 0 Å². The van der Waals surface area contributed by atoms with Gasteiger partial charge in [0.25, 0.3) is 0 Å². The van der Waals surface area contributed by atoms with E-state index in [1.807, 2.05) is 0 Å². The van der Waals surface area contributed by atoms with Crippen molar-refractivity contribution in [2.45, 2.75) is 9.88 Å². The van der Waals surface area contributed by atoms with Crippen LogP contribution in [0.2, 0.25) is 9.88 Å². The molecule has 6 aromatic rings. The fourth-order valence-corrected chi connectivity index (χ4v) is 8.84. The first-order valence-corrected chi connectivity index (χ1v) is 38.2. The monoisotopic (exact) mass is 816 g/mol. The summed E-state index contributed by atoms with van der Waals surface area (Å²) in [6.45, 7) is 0. The number of hydrogen-bond donors (Lipinski definition) is 0. The van der Waals surface area contributed by atoms with Crippen LogP contribution in [0.15, 0.2) is 121 Å². The van der Waals surface area contributed by atoms with E-state index in [4.69, 9.17) is 17.0 Å². The Morgan fingerprint density at radius 1 is 0.525 bits per heavy atom. The van der Waals surface area contributed by atoms with Crippen molar-refractivity contribution in [3.8, 4) is 43.4 Å². The Bertz CT molecular complexity index is 1380. The average molecular weight is 817 g/mol. The third-order valence-electron chi connectivity index (χ3n) is 5.77. The number of rotatable bonds is 4. The standard InChI is InChI=1S/2C15H11P2.2CH3.2ClH.Sn.Zr/c2*1-3-7-12(8-4-1)14-15(17-11-16-14)13-9-5-2-6-10-13;;;;;;/h2*1-10,16H;2*1H3;2*1H;;/q2*-1;;;;;;+2/p-2. The van der Waals surface area contributed by atoms with Gasteiger partial charge >= 0.3 is 56.0 Å². The Kier molecular flexibility index (Phi) is 14.3. The summed E-state index contributed by atoms with van der Waals surface area (Å²) in [5.74, 6) is 0. The van der Waals surface area contributed by atoms with Gasteiger partial charge in [-0.05, 0) is 0 Å². The molecule has 4 aromatic carbocycles. The molecule has 0 spiro atoms. The maximum Gasteiger partial charge on any atom is -0.0623 e. The third-order valence-corrected chi connectivity index (χ3v) is 55.6. The predicted molar refractivity (Wildman–Crippen MR) is 186 cm³/mol. The van der Waals surface area contributed by atoms with E-state index >= 15 is 0 Å². The Labute approximate surface area is 261 Å². The molecule has 2 unspecified atom stereocenters. The molecule has 8 heteroatoms. The van der Waals surface area contributed by atoms with Crippen LogP contribution in [0.3, 0.4) is 0 Å². The van der Waals surface area contributed by atoms with Gasteiger partial charge in [0.1, 0.15) is 0 Å². The fraction of sp³-hybridized carbons (Fsp3) is 0.0625. The van der Waals surface area contributed by atoms with Gasteiger partial charge in [-0.2, -0.15) is 0 Å². The molecule has 200 valence electrons. The van der Waals surface area contributed by atoms with Crippen LogP contribution in [0.4, 0.5) is 0 Å². The van der Waals surface area contributed by atoms with Gasteiger partial charge in [-0.1, -0.05) is 144 Å². The van der Waals surface area contributed by atoms with Crippen LogP contribution in [0.5, 0.6) is 0 Å². The maximum absolute atomic E-state index is 5.66. The van der Waals surface area contributed by atoms with E-state index in [0.717, 1.165) is 0 Å². The molecule has 2 aromatic heterocycles. The van der Waals surface area contributed by atoms with Crippen molar-refractivity contribution in [1.29, 1.82) is 0 Å². The van der Waals surface area contributed by atoms with E-state index in [2.05, 4.69) is 142 Å². The molecule has 0 aliphatic carbocycles. The van der Waals surface area contributed by atoms with E-state index in [1.165, 1.54) is 59.8 Å². The van der Waals surface area contributed by atoms with Crippen LogP contribution < -0.4 is 0 Å². The Morgan fingerprint density at radius 2 is 0.800 bits per heavy atom. The maximum atomic E-state index is 5.66. The van der Waals surface area contributed by atoms with Crippen LogP contribution in [0.1, 0.15) is 0 Å². The first kappa shape index (κ1) is 32.5. The number of halogens is 2. The van der Waals surface area contributed by atoms with Gasteiger partial charge in [0.2, 0.25) is 0 Å². The van der Waals surface area contributed by atoms with Crippen molar-refractivity contribution in [2.75, 3.05) is 0 Å². The smallest absolute Gasteiger partial charge is 0.0623 e. The molecule has 0 saturated heterocycles. The van der Waals surface area contributed by atoms with E-state index in [-0.39, 0.29) is 0 Å². The van der Waals surface area contributed by atoms with E-state index < -0.39 is 29.1 Å². The second-order valence-corrected chi connectivity index (χ2v) is 61.7. The minimum atomic E-state index is -1.56. The number of benzene rings is 4. The molecule has 6 rings (SSSR count). The summed E-state index contributed by atoms with van der Waals surface area (Å²) in [6, 6.07) is 42.5. The van der Waals surface area contributed by atoms with Gasteiger partial charge in [-0.3, -0.25) is 16.4 Å². The molecule has 0 aliphatic rings. The predicted octanol–water partition coefficient (Wildman–Crippen LogP) is 13.0. The van der Waals surface area contributed by atoms with Gasteiger partial charge in [0, 0.05) is 0 Å². The van der Waals surface area contributed by atoms with E-state index in [9.17, 15) is 0 Å². The first-order valence-electron chi connectivity index (χ1n) is 12.7. The summed E-state index contributed by atoms with van der Waals surface area (Å²) < 4.78 is 0. The topological polar surface area (TPSA) is 0 Å². The molecule has 0 bridgehead atoms. The first-order chi connectivity index (χ1) is 19.5. The Balaban J connectivity index is 0.000000155. The van der Waals surface area contributed by atoms with Crippen molar-refractivity contribution in [1.82, 2.24) is 0 Å². The van der Waals surface area contributed by atoms with Crippen molar-refractivity contribution in [2.24, 2.45) is 0 Å². The van der Waals surface area contributed by atoms with Crippen LogP contribution in [-0.4, -0.2) is 14.6 Å². The molecule has 0 nitrogen and oxygen atoms in total. The molecule has 0 radical (unpaired) electrons. The van der Waals surface area contributed by atoms with Gasteiger partial charge in [0.15, 0.2) is 0 Å². The summed E-state index contributed by atoms with van der Waals surface area (Å²) in [6.07, 6.45) is 0. The van der Waals surface area contributed by atoms with Gasteiger partial charge < -0.3 is 0 Å². The van der Waals surface area contributed by atoms with Crippen molar-refractivity contribution >= 4 is 64.4 Å². The average Bonchev–Trinajstić information content (AvgIpc) is 3.70. The second-order valence-electron chi connectivity index (χ2n) is 8.87. The molecule has 0 aliphatic heterocycles. The second kappa shape index (κ2) is 17.6. The summed E-state index contributed by atoms with van der Waals surface area (Å²) in [4.78, 5) is 4.52. The molecule has 0 fully saturated rings. The minimum Gasteiger partial charge on any atom is -0.258 e. The molecular formula is C32H28Cl2P4SnZr-2. The van der Waals surface area contributed by atoms with E-state index in [0.29, 0.717) is 16.4 Å². The normalized spacial score (nSPS) is 10.8. The van der Waals surface area contributed by atoms with Gasteiger partial charge in [0.05, 0.1) is 0 Å². The number of hydrogen-bond acceptors (Lipinski definition) is 0. The summed E-state index contributed by atoms with van der Waals surface area (Å²) >= 11 is -2.53. The van der Waals surface area contributed by atoms with Crippen LogP contribution in [-0.2, 0) is 14.5 Å². The largest absolute Gasteiger partial charge is 0.258 e. The molecular weight excluding hydrogens is 789 g/mol. The summed E-state index contributed by atoms with van der Waals surface area (Å²) in [7, 11) is 15.2. The summed E-state index contributed by atoms with van der Waals surface area (Å²) in [5, 5.41) is 5.71. The van der Waals surface area contributed by atoms with Gasteiger partial charge in [-0.15, -0.1) is 32.2 Å². The molecule has 40 heavy (non-hydrogen) atoms. The SMILES string of the molecule is [CH3][Sn]([CH3])=[Zr]([Cl])[Cl].[c-]1pc(-c2ccccc2)c(-c2ccccc2)[pH]1.[c-]1pc(-c2ccccc2)c(-c2ccccc2)[pH]1.